The van der Waals surface area contributed by atoms with Crippen LogP contribution < -0.4 is 10.6 Å². The van der Waals surface area contributed by atoms with Crippen LogP contribution >= 0.6 is 0 Å². The van der Waals surface area contributed by atoms with E-state index in [9.17, 15) is 9.59 Å². The van der Waals surface area contributed by atoms with Crippen molar-refractivity contribution in [1.82, 2.24) is 19.9 Å². The number of nitrogens with one attached hydrogen (secondary N) is 2. The van der Waals surface area contributed by atoms with E-state index in [1.165, 1.54) is 0 Å². The van der Waals surface area contributed by atoms with Crippen molar-refractivity contribution >= 4 is 28.7 Å². The number of imidazole rings is 1. The lowest BCUT2D eigenvalue weighted by Gasteiger charge is -2.22. The maximum Gasteiger partial charge on any atom is 0.249 e. The number of aryl methyl sites for hydroxylation is 1. The van der Waals surface area contributed by atoms with Gasteiger partial charge in [0.1, 0.15) is 6.04 Å². The summed E-state index contributed by atoms with van der Waals surface area (Å²) in [6.45, 7) is 0. The molecule has 1 saturated heterocycles. The second kappa shape index (κ2) is 4.34. The van der Waals surface area contributed by atoms with E-state index in [1.807, 2.05) is 17.7 Å². The maximum absolute atomic E-state index is 11.7. The molecule has 3 rings (SSSR count). The summed E-state index contributed by atoms with van der Waals surface area (Å²) in [6, 6.07) is 1.49. The van der Waals surface area contributed by atoms with Crippen LogP contribution in [0.2, 0.25) is 0 Å². The average Bonchev–Trinajstić information content (AvgIpc) is 2.75. The highest BCUT2D eigenvalue weighted by molar-refractivity contribution is 6.01. The SMILES string of the molecule is Cn1cnc2ncc(NC3CCC(=O)NC3=O)cc21. The number of hydrogen-bond acceptors (Lipinski definition) is 5. The van der Waals surface area contributed by atoms with Gasteiger partial charge in [0, 0.05) is 13.5 Å². The van der Waals surface area contributed by atoms with E-state index >= 15 is 0 Å². The second-order valence-electron chi connectivity index (χ2n) is 4.57. The molecule has 0 spiro atoms. The van der Waals surface area contributed by atoms with Crippen molar-refractivity contribution in [3.8, 4) is 0 Å². The summed E-state index contributed by atoms with van der Waals surface area (Å²) in [5.41, 5.74) is 2.29. The van der Waals surface area contributed by atoms with Crippen LogP contribution in [0.1, 0.15) is 12.8 Å². The Balaban J connectivity index is 1.83. The second-order valence-corrected chi connectivity index (χ2v) is 4.57. The Hall–Kier alpha value is -2.44. The highest BCUT2D eigenvalue weighted by Gasteiger charge is 2.26. The number of piperidine rings is 1. The summed E-state index contributed by atoms with van der Waals surface area (Å²) in [4.78, 5) is 31.1. The number of anilines is 1. The van der Waals surface area contributed by atoms with E-state index in [-0.39, 0.29) is 11.8 Å². The van der Waals surface area contributed by atoms with Gasteiger partial charge in [0.25, 0.3) is 0 Å². The van der Waals surface area contributed by atoms with Gasteiger partial charge in [-0.15, -0.1) is 0 Å². The molecule has 0 bridgehead atoms. The quantitative estimate of drug-likeness (QED) is 0.751. The first kappa shape index (κ1) is 11.6. The van der Waals surface area contributed by atoms with Crippen LogP contribution in [-0.2, 0) is 16.6 Å². The fourth-order valence-electron chi connectivity index (χ4n) is 2.12. The van der Waals surface area contributed by atoms with E-state index in [2.05, 4.69) is 20.6 Å². The Morgan fingerprint density at radius 1 is 1.42 bits per heavy atom. The van der Waals surface area contributed by atoms with Crippen LogP contribution in [0.4, 0.5) is 5.69 Å². The maximum atomic E-state index is 11.7. The molecule has 19 heavy (non-hydrogen) atoms. The molecule has 2 aromatic heterocycles. The minimum absolute atomic E-state index is 0.219. The van der Waals surface area contributed by atoms with E-state index in [1.54, 1.807) is 12.5 Å². The molecule has 1 aliphatic heterocycles. The first-order valence-electron chi connectivity index (χ1n) is 6.01. The van der Waals surface area contributed by atoms with E-state index in [0.29, 0.717) is 18.5 Å². The number of pyridine rings is 1. The highest BCUT2D eigenvalue weighted by Crippen LogP contribution is 2.17. The van der Waals surface area contributed by atoms with Crippen LogP contribution in [0.25, 0.3) is 11.2 Å². The molecule has 2 N–H and O–H groups in total. The van der Waals surface area contributed by atoms with Gasteiger partial charge in [-0.25, -0.2) is 9.97 Å². The van der Waals surface area contributed by atoms with E-state index < -0.39 is 6.04 Å². The van der Waals surface area contributed by atoms with Crippen molar-refractivity contribution in [2.24, 2.45) is 7.05 Å². The van der Waals surface area contributed by atoms with Gasteiger partial charge < -0.3 is 9.88 Å². The number of fused-ring (bicyclic) bond motifs is 1. The molecule has 3 heterocycles. The Morgan fingerprint density at radius 2 is 2.26 bits per heavy atom. The van der Waals surface area contributed by atoms with Gasteiger partial charge in [0.05, 0.1) is 23.7 Å². The highest BCUT2D eigenvalue weighted by atomic mass is 16.2. The number of hydrogen-bond donors (Lipinski definition) is 2. The topological polar surface area (TPSA) is 88.9 Å². The lowest BCUT2D eigenvalue weighted by Crippen LogP contribution is -2.47. The third-order valence-corrected chi connectivity index (χ3v) is 3.16. The first-order chi connectivity index (χ1) is 9.13. The van der Waals surface area contributed by atoms with Crippen molar-refractivity contribution < 1.29 is 9.59 Å². The lowest BCUT2D eigenvalue weighted by molar-refractivity contribution is -0.133. The summed E-state index contributed by atoms with van der Waals surface area (Å²) >= 11 is 0. The van der Waals surface area contributed by atoms with Crippen molar-refractivity contribution in [3.05, 3.63) is 18.6 Å². The van der Waals surface area contributed by atoms with Crippen LogP contribution in [0.15, 0.2) is 18.6 Å². The molecular formula is C12H13N5O2. The van der Waals surface area contributed by atoms with Gasteiger partial charge in [-0.2, -0.15) is 0 Å². The van der Waals surface area contributed by atoms with Crippen molar-refractivity contribution in [2.75, 3.05) is 5.32 Å². The predicted octanol–water partition coefficient (Wildman–Crippen LogP) is 0.185. The zero-order valence-corrected chi connectivity index (χ0v) is 10.4. The van der Waals surface area contributed by atoms with Gasteiger partial charge in [-0.1, -0.05) is 0 Å². The normalized spacial score (nSPS) is 19.5. The third-order valence-electron chi connectivity index (χ3n) is 3.16. The fourth-order valence-corrected chi connectivity index (χ4v) is 2.12. The standard InChI is InChI=1S/C12H13N5O2/c1-17-6-14-11-9(17)4-7(5-13-11)15-8-2-3-10(18)16-12(8)19/h4-6,8,15H,2-3H2,1H3,(H,16,18,19). The van der Waals surface area contributed by atoms with Crippen LogP contribution in [0.5, 0.6) is 0 Å². The number of aromatic nitrogens is 3. The number of carbonyl (C=O) groups excluding carboxylic acids is 2. The molecule has 0 aromatic carbocycles. The number of amides is 2. The number of rotatable bonds is 2. The Bertz CT molecular complexity index is 663. The van der Waals surface area contributed by atoms with Gasteiger partial charge in [0.2, 0.25) is 11.8 Å². The zero-order valence-electron chi connectivity index (χ0n) is 10.4. The number of carbonyl (C=O) groups is 2. The van der Waals surface area contributed by atoms with Gasteiger partial charge in [-0.3, -0.25) is 14.9 Å². The minimum Gasteiger partial charge on any atom is -0.372 e. The largest absolute Gasteiger partial charge is 0.372 e. The van der Waals surface area contributed by atoms with Crippen molar-refractivity contribution in [2.45, 2.75) is 18.9 Å². The molecule has 2 amide bonds. The van der Waals surface area contributed by atoms with Gasteiger partial charge >= 0.3 is 0 Å². The molecule has 7 nitrogen and oxygen atoms in total. The van der Waals surface area contributed by atoms with E-state index in [4.69, 9.17) is 0 Å². The van der Waals surface area contributed by atoms with Crippen LogP contribution in [0.3, 0.4) is 0 Å². The third kappa shape index (κ3) is 2.14. The molecule has 98 valence electrons. The summed E-state index contributed by atoms with van der Waals surface area (Å²) in [5, 5.41) is 5.41. The number of imide groups is 1. The van der Waals surface area contributed by atoms with E-state index in [0.717, 1.165) is 11.2 Å². The fraction of sp³-hybridized carbons (Fsp3) is 0.333. The Morgan fingerprint density at radius 3 is 3.05 bits per heavy atom. The molecule has 0 saturated carbocycles. The molecule has 7 heteroatoms. The molecule has 1 unspecified atom stereocenters. The van der Waals surface area contributed by atoms with Crippen LogP contribution in [0, 0.1) is 0 Å². The summed E-state index contributed by atoms with van der Waals surface area (Å²) < 4.78 is 1.86. The predicted molar refractivity (Wildman–Crippen MR) is 68.3 cm³/mol. The van der Waals surface area contributed by atoms with Crippen molar-refractivity contribution in [3.63, 3.8) is 0 Å². The average molecular weight is 259 g/mol. The lowest BCUT2D eigenvalue weighted by atomic mass is 10.1. The number of nitrogens with zero attached hydrogens (tertiary/aromatic N) is 3. The summed E-state index contributed by atoms with van der Waals surface area (Å²) in [7, 11) is 1.88. The molecule has 2 aromatic rings. The van der Waals surface area contributed by atoms with Gasteiger partial charge in [0.15, 0.2) is 5.65 Å². The van der Waals surface area contributed by atoms with Crippen molar-refractivity contribution in [1.29, 1.82) is 0 Å². The smallest absolute Gasteiger partial charge is 0.249 e. The summed E-state index contributed by atoms with van der Waals surface area (Å²) in [6.07, 6.45) is 4.17. The molecule has 1 fully saturated rings. The molecular weight excluding hydrogens is 246 g/mol. The Labute approximate surface area is 109 Å². The van der Waals surface area contributed by atoms with Gasteiger partial charge in [-0.05, 0) is 12.5 Å². The molecule has 0 aliphatic carbocycles. The Kier molecular flexibility index (Phi) is 2.66. The molecule has 0 radical (unpaired) electrons. The van der Waals surface area contributed by atoms with Crippen LogP contribution in [-0.4, -0.2) is 32.4 Å². The minimum atomic E-state index is -0.398. The zero-order chi connectivity index (χ0) is 13.4. The molecule has 1 aliphatic rings. The molecule has 1 atom stereocenters. The monoisotopic (exact) mass is 259 g/mol. The summed E-state index contributed by atoms with van der Waals surface area (Å²) in [5.74, 6) is -0.510. The first-order valence-corrected chi connectivity index (χ1v) is 6.01.